The fourth-order valence-electron chi connectivity index (χ4n) is 2.12. The van der Waals surface area contributed by atoms with E-state index in [9.17, 15) is 9.59 Å². The van der Waals surface area contributed by atoms with Crippen LogP contribution in [0.25, 0.3) is 11.4 Å². The fraction of sp³-hybridized carbons (Fsp3) is 0.412. The van der Waals surface area contributed by atoms with Crippen LogP contribution in [-0.2, 0) is 11.3 Å². The van der Waals surface area contributed by atoms with Gasteiger partial charge in [-0.25, -0.2) is 4.79 Å². The number of aromatic nitrogens is 3. The molecule has 25 heavy (non-hydrogen) atoms. The Labute approximate surface area is 151 Å². The molecule has 1 heterocycles. The number of rotatable bonds is 7. The van der Waals surface area contributed by atoms with Crippen LogP contribution in [-0.4, -0.2) is 39.0 Å². The van der Waals surface area contributed by atoms with Gasteiger partial charge in [0.2, 0.25) is 5.91 Å². The van der Waals surface area contributed by atoms with Crippen LogP contribution in [0.3, 0.4) is 0 Å². The van der Waals surface area contributed by atoms with Gasteiger partial charge in [-0.1, -0.05) is 55.9 Å². The van der Waals surface area contributed by atoms with Crippen LogP contribution in [0, 0.1) is 5.92 Å². The molecule has 1 aromatic heterocycles. The van der Waals surface area contributed by atoms with Crippen molar-refractivity contribution in [2.75, 3.05) is 12.3 Å². The van der Waals surface area contributed by atoms with Crippen LogP contribution in [0.4, 0.5) is 4.79 Å². The van der Waals surface area contributed by atoms with E-state index in [4.69, 9.17) is 0 Å². The van der Waals surface area contributed by atoms with E-state index in [0.717, 1.165) is 11.4 Å². The molecule has 1 aromatic carbocycles. The number of amides is 3. The molecule has 3 amide bonds. The summed E-state index contributed by atoms with van der Waals surface area (Å²) in [5, 5.41) is 14.0. The lowest BCUT2D eigenvalue weighted by Crippen LogP contribution is -2.41. The Hall–Kier alpha value is -2.35. The largest absolute Gasteiger partial charge is 0.338 e. The van der Waals surface area contributed by atoms with Crippen LogP contribution in [0.1, 0.15) is 20.8 Å². The first-order chi connectivity index (χ1) is 12.0. The molecule has 0 aliphatic carbocycles. The summed E-state index contributed by atoms with van der Waals surface area (Å²) in [5.74, 6) is 0.829. The monoisotopic (exact) mass is 361 g/mol. The third-order valence-electron chi connectivity index (χ3n) is 3.32. The third kappa shape index (κ3) is 5.60. The van der Waals surface area contributed by atoms with Crippen molar-refractivity contribution < 1.29 is 9.59 Å². The van der Waals surface area contributed by atoms with Crippen LogP contribution in [0.2, 0.25) is 0 Å². The van der Waals surface area contributed by atoms with Gasteiger partial charge in [0.05, 0.1) is 5.75 Å². The zero-order chi connectivity index (χ0) is 18.2. The maximum atomic E-state index is 11.9. The minimum absolute atomic E-state index is 0.0992. The highest BCUT2D eigenvalue weighted by atomic mass is 32.2. The van der Waals surface area contributed by atoms with Gasteiger partial charge < -0.3 is 9.88 Å². The van der Waals surface area contributed by atoms with Crippen molar-refractivity contribution in [3.05, 3.63) is 30.3 Å². The van der Waals surface area contributed by atoms with E-state index in [1.807, 2.05) is 55.7 Å². The summed E-state index contributed by atoms with van der Waals surface area (Å²) >= 11 is 1.26. The summed E-state index contributed by atoms with van der Waals surface area (Å²) < 4.78 is 1.95. The van der Waals surface area contributed by atoms with E-state index in [1.165, 1.54) is 11.8 Å². The molecule has 0 fully saturated rings. The molecule has 8 heteroatoms. The minimum atomic E-state index is -0.471. The summed E-state index contributed by atoms with van der Waals surface area (Å²) in [6.45, 7) is 7.19. The molecule has 2 aromatic rings. The molecule has 0 bridgehead atoms. The van der Waals surface area contributed by atoms with Crippen molar-refractivity contribution in [1.29, 1.82) is 0 Å². The Morgan fingerprint density at radius 3 is 2.56 bits per heavy atom. The second-order valence-corrected chi connectivity index (χ2v) is 6.80. The lowest BCUT2D eigenvalue weighted by molar-refractivity contribution is -0.117. The highest BCUT2D eigenvalue weighted by molar-refractivity contribution is 7.99. The topological polar surface area (TPSA) is 88.9 Å². The zero-order valence-corrected chi connectivity index (χ0v) is 15.5. The molecule has 0 saturated heterocycles. The number of benzene rings is 1. The molecule has 2 rings (SSSR count). The molecule has 0 saturated carbocycles. The van der Waals surface area contributed by atoms with Crippen molar-refractivity contribution in [1.82, 2.24) is 25.4 Å². The van der Waals surface area contributed by atoms with Gasteiger partial charge in [0.1, 0.15) is 0 Å². The van der Waals surface area contributed by atoms with Crippen molar-refractivity contribution in [3.63, 3.8) is 0 Å². The maximum absolute atomic E-state index is 11.9. The van der Waals surface area contributed by atoms with E-state index in [1.54, 1.807) is 0 Å². The van der Waals surface area contributed by atoms with E-state index in [2.05, 4.69) is 20.8 Å². The van der Waals surface area contributed by atoms with Gasteiger partial charge in [0, 0.05) is 18.7 Å². The van der Waals surface area contributed by atoms with Gasteiger partial charge in [-0.15, -0.1) is 10.2 Å². The summed E-state index contributed by atoms with van der Waals surface area (Å²) in [7, 11) is 0. The van der Waals surface area contributed by atoms with E-state index in [-0.39, 0.29) is 11.7 Å². The van der Waals surface area contributed by atoms with E-state index in [0.29, 0.717) is 24.2 Å². The van der Waals surface area contributed by atoms with Crippen molar-refractivity contribution in [3.8, 4) is 11.4 Å². The van der Waals surface area contributed by atoms with Gasteiger partial charge in [0.25, 0.3) is 0 Å². The number of carbonyl (C=O) groups excluding carboxylic acids is 2. The van der Waals surface area contributed by atoms with Gasteiger partial charge in [-0.05, 0) is 12.8 Å². The molecule has 0 atom stereocenters. The summed E-state index contributed by atoms with van der Waals surface area (Å²) in [6, 6.07) is 9.30. The van der Waals surface area contributed by atoms with Crippen LogP contribution >= 0.6 is 11.8 Å². The highest BCUT2D eigenvalue weighted by Crippen LogP contribution is 2.23. The number of carbonyl (C=O) groups is 2. The maximum Gasteiger partial charge on any atom is 0.321 e. The van der Waals surface area contributed by atoms with Crippen molar-refractivity contribution in [2.24, 2.45) is 5.92 Å². The summed E-state index contributed by atoms with van der Waals surface area (Å²) in [5.41, 5.74) is 0.973. The Morgan fingerprint density at radius 2 is 1.92 bits per heavy atom. The molecule has 0 unspecified atom stereocenters. The fourth-order valence-corrected chi connectivity index (χ4v) is 2.92. The number of imide groups is 1. The second kappa shape index (κ2) is 9.22. The molecule has 0 spiro atoms. The lowest BCUT2D eigenvalue weighted by atomic mass is 10.2. The number of urea groups is 1. The second-order valence-electron chi connectivity index (χ2n) is 5.86. The van der Waals surface area contributed by atoms with Crippen LogP contribution in [0.15, 0.2) is 35.5 Å². The predicted octanol–water partition coefficient (Wildman–Crippen LogP) is 2.54. The molecular weight excluding hydrogens is 338 g/mol. The van der Waals surface area contributed by atoms with Crippen LogP contribution in [0.5, 0.6) is 0 Å². The Balaban J connectivity index is 1.94. The van der Waals surface area contributed by atoms with E-state index < -0.39 is 6.03 Å². The zero-order valence-electron chi connectivity index (χ0n) is 14.7. The number of hydrogen-bond acceptors (Lipinski definition) is 5. The van der Waals surface area contributed by atoms with Crippen molar-refractivity contribution >= 4 is 23.7 Å². The van der Waals surface area contributed by atoms with E-state index >= 15 is 0 Å². The smallest absolute Gasteiger partial charge is 0.321 e. The average molecular weight is 361 g/mol. The van der Waals surface area contributed by atoms with Gasteiger partial charge >= 0.3 is 6.03 Å². The lowest BCUT2D eigenvalue weighted by Gasteiger charge is -2.09. The molecule has 0 radical (unpaired) electrons. The highest BCUT2D eigenvalue weighted by Gasteiger charge is 2.15. The Morgan fingerprint density at radius 1 is 1.20 bits per heavy atom. The van der Waals surface area contributed by atoms with Crippen molar-refractivity contribution in [2.45, 2.75) is 32.5 Å². The number of thioether (sulfide) groups is 1. The minimum Gasteiger partial charge on any atom is -0.338 e. The molecule has 0 aliphatic rings. The van der Waals surface area contributed by atoms with Crippen LogP contribution < -0.4 is 10.6 Å². The summed E-state index contributed by atoms with van der Waals surface area (Å²) in [6.07, 6.45) is 0. The number of hydrogen-bond donors (Lipinski definition) is 2. The summed E-state index contributed by atoms with van der Waals surface area (Å²) in [4.78, 5) is 23.5. The standard InChI is InChI=1S/C17H23N5O2S/c1-4-22-15(13-8-6-5-7-9-13)20-21-17(22)25-11-14(23)19-16(24)18-10-12(2)3/h5-9,12H,4,10-11H2,1-3H3,(H2,18,19,23,24). The number of nitrogens with one attached hydrogen (secondary N) is 2. The quantitative estimate of drug-likeness (QED) is 0.740. The average Bonchev–Trinajstić information content (AvgIpc) is 3.02. The van der Waals surface area contributed by atoms with Gasteiger partial charge in [-0.2, -0.15) is 0 Å². The molecule has 0 aliphatic heterocycles. The van der Waals surface area contributed by atoms with Gasteiger partial charge in [0.15, 0.2) is 11.0 Å². The molecule has 134 valence electrons. The molecule has 7 nitrogen and oxygen atoms in total. The Bertz CT molecular complexity index is 715. The normalized spacial score (nSPS) is 10.7. The molecule has 2 N–H and O–H groups in total. The first kappa shape index (κ1) is 19.0. The number of nitrogens with zero attached hydrogens (tertiary/aromatic N) is 3. The predicted molar refractivity (Wildman–Crippen MR) is 98.2 cm³/mol. The molecular formula is C17H23N5O2S. The van der Waals surface area contributed by atoms with Gasteiger partial charge in [-0.3, -0.25) is 10.1 Å². The first-order valence-electron chi connectivity index (χ1n) is 8.20. The third-order valence-corrected chi connectivity index (χ3v) is 4.29. The Kier molecular flexibility index (Phi) is 7.00. The SMILES string of the molecule is CCn1c(SCC(=O)NC(=O)NCC(C)C)nnc1-c1ccccc1. The first-order valence-corrected chi connectivity index (χ1v) is 9.19.